The molecular weight excluding hydrogens is 290 g/mol. The van der Waals surface area contributed by atoms with Crippen LogP contribution in [-0.4, -0.2) is 18.7 Å². The predicted molar refractivity (Wildman–Crippen MR) is 80.8 cm³/mol. The maximum absolute atomic E-state index is 5.84. The molecule has 0 saturated heterocycles. The van der Waals surface area contributed by atoms with E-state index in [1.54, 1.807) is 0 Å². The zero-order valence-electron chi connectivity index (χ0n) is 11.6. The Hall–Kier alpha value is -0.380. The van der Waals surface area contributed by atoms with Gasteiger partial charge in [-0.1, -0.05) is 47.5 Å². The molecule has 1 rings (SSSR count). The smallest absolute Gasteiger partial charge is 0.0732 e. The van der Waals surface area contributed by atoms with Crippen LogP contribution in [0, 0.1) is 0 Å². The van der Waals surface area contributed by atoms with Crippen molar-refractivity contribution in [3.05, 3.63) is 34.3 Å². The van der Waals surface area contributed by atoms with Gasteiger partial charge in [-0.25, -0.2) is 0 Å². The molecule has 0 amide bonds. The highest BCUT2D eigenvalue weighted by molar-refractivity contribution is 9.10. The summed E-state index contributed by atoms with van der Waals surface area (Å²) < 4.78 is 6.96. The van der Waals surface area contributed by atoms with Crippen LogP contribution in [-0.2, 0) is 11.3 Å². The van der Waals surface area contributed by atoms with E-state index in [0.29, 0.717) is 12.6 Å². The van der Waals surface area contributed by atoms with Crippen LogP contribution >= 0.6 is 15.9 Å². The van der Waals surface area contributed by atoms with Gasteiger partial charge in [-0.2, -0.15) is 0 Å². The van der Waals surface area contributed by atoms with Crippen LogP contribution in [0.1, 0.15) is 39.2 Å². The Bertz CT molecular complexity index is 343. The number of hydrogen-bond acceptors (Lipinski definition) is 2. The third kappa shape index (κ3) is 5.98. The predicted octanol–water partition coefficient (Wildman–Crippen LogP) is 4.13. The summed E-state index contributed by atoms with van der Waals surface area (Å²) in [6.07, 6.45) is 2.67. The van der Waals surface area contributed by atoms with Crippen molar-refractivity contribution in [3.63, 3.8) is 0 Å². The monoisotopic (exact) mass is 313 g/mol. The lowest BCUT2D eigenvalue weighted by atomic mass is 10.2. The van der Waals surface area contributed by atoms with E-state index in [-0.39, 0.29) is 6.10 Å². The quantitative estimate of drug-likeness (QED) is 0.779. The number of ether oxygens (including phenoxy) is 1. The minimum absolute atomic E-state index is 0.233. The SMILES string of the molecule is CCCC(C)NCC(C)OCc1ccccc1Br. The molecule has 1 N–H and O–H groups in total. The lowest BCUT2D eigenvalue weighted by molar-refractivity contribution is 0.0512. The first-order valence-electron chi connectivity index (χ1n) is 6.71. The molecule has 0 fully saturated rings. The maximum Gasteiger partial charge on any atom is 0.0732 e. The summed E-state index contributed by atoms with van der Waals surface area (Å²) in [5, 5.41) is 3.50. The minimum Gasteiger partial charge on any atom is -0.372 e. The molecule has 3 heteroatoms. The Balaban J connectivity index is 2.25. The van der Waals surface area contributed by atoms with Crippen molar-refractivity contribution < 1.29 is 4.74 Å². The second-order valence-electron chi connectivity index (χ2n) is 4.81. The Morgan fingerprint density at radius 3 is 2.67 bits per heavy atom. The lowest BCUT2D eigenvalue weighted by Crippen LogP contribution is -2.33. The fraction of sp³-hybridized carbons (Fsp3) is 0.600. The number of halogens is 1. The van der Waals surface area contributed by atoms with E-state index >= 15 is 0 Å². The Morgan fingerprint density at radius 2 is 2.00 bits per heavy atom. The fourth-order valence-corrected chi connectivity index (χ4v) is 2.21. The average molecular weight is 314 g/mol. The van der Waals surface area contributed by atoms with Gasteiger partial charge in [-0.15, -0.1) is 0 Å². The highest BCUT2D eigenvalue weighted by atomic mass is 79.9. The number of nitrogens with one attached hydrogen (secondary N) is 1. The van der Waals surface area contributed by atoms with Gasteiger partial charge in [0, 0.05) is 17.1 Å². The third-order valence-corrected chi connectivity index (χ3v) is 3.73. The highest BCUT2D eigenvalue weighted by Gasteiger charge is 2.06. The van der Waals surface area contributed by atoms with Crippen LogP contribution in [0.15, 0.2) is 28.7 Å². The summed E-state index contributed by atoms with van der Waals surface area (Å²) in [5.74, 6) is 0. The zero-order valence-corrected chi connectivity index (χ0v) is 13.2. The second-order valence-corrected chi connectivity index (χ2v) is 5.67. The van der Waals surface area contributed by atoms with Crippen LogP contribution < -0.4 is 5.32 Å². The zero-order chi connectivity index (χ0) is 13.4. The standard InChI is InChI=1S/C15H24BrNO/c1-4-7-12(2)17-10-13(3)18-11-14-8-5-6-9-15(14)16/h5-6,8-9,12-13,17H,4,7,10-11H2,1-3H3. The largest absolute Gasteiger partial charge is 0.372 e. The minimum atomic E-state index is 0.233. The molecule has 0 spiro atoms. The molecule has 0 aliphatic rings. The first kappa shape index (κ1) is 15.7. The van der Waals surface area contributed by atoms with E-state index in [9.17, 15) is 0 Å². The van der Waals surface area contributed by atoms with E-state index in [1.165, 1.54) is 18.4 Å². The van der Waals surface area contributed by atoms with Crippen molar-refractivity contribution in [1.29, 1.82) is 0 Å². The van der Waals surface area contributed by atoms with Crippen molar-refractivity contribution in [3.8, 4) is 0 Å². The van der Waals surface area contributed by atoms with E-state index in [4.69, 9.17) is 4.74 Å². The summed E-state index contributed by atoms with van der Waals surface area (Å²) in [6.45, 7) is 8.12. The summed E-state index contributed by atoms with van der Waals surface area (Å²) in [5.41, 5.74) is 1.20. The molecule has 0 heterocycles. The summed E-state index contributed by atoms with van der Waals surface area (Å²) in [7, 11) is 0. The first-order valence-corrected chi connectivity index (χ1v) is 7.51. The van der Waals surface area contributed by atoms with Gasteiger partial charge in [0.1, 0.15) is 0 Å². The van der Waals surface area contributed by atoms with E-state index in [2.05, 4.69) is 48.1 Å². The third-order valence-electron chi connectivity index (χ3n) is 2.96. The molecule has 1 aromatic carbocycles. The molecule has 18 heavy (non-hydrogen) atoms. The molecule has 102 valence electrons. The van der Waals surface area contributed by atoms with Crippen LogP contribution in [0.4, 0.5) is 0 Å². The maximum atomic E-state index is 5.84. The van der Waals surface area contributed by atoms with Crippen molar-refractivity contribution >= 4 is 15.9 Å². The fourth-order valence-electron chi connectivity index (χ4n) is 1.81. The number of rotatable bonds is 8. The van der Waals surface area contributed by atoms with Gasteiger partial charge < -0.3 is 10.1 Å². The van der Waals surface area contributed by atoms with Crippen molar-refractivity contribution in [2.45, 2.75) is 52.4 Å². The summed E-state index contributed by atoms with van der Waals surface area (Å²) in [4.78, 5) is 0. The van der Waals surface area contributed by atoms with Crippen molar-refractivity contribution in [2.24, 2.45) is 0 Å². The summed E-state index contributed by atoms with van der Waals surface area (Å²) >= 11 is 3.53. The first-order chi connectivity index (χ1) is 8.63. The van der Waals surface area contributed by atoms with Crippen LogP contribution in [0.25, 0.3) is 0 Å². The molecule has 2 nitrogen and oxygen atoms in total. The average Bonchev–Trinajstić information content (AvgIpc) is 2.36. The molecule has 1 aromatic rings. The van der Waals surface area contributed by atoms with E-state index < -0.39 is 0 Å². The molecule has 2 atom stereocenters. The second kappa shape index (κ2) is 8.68. The number of benzene rings is 1. The molecule has 0 aromatic heterocycles. The number of hydrogen-bond donors (Lipinski definition) is 1. The van der Waals surface area contributed by atoms with Gasteiger partial charge in [0.2, 0.25) is 0 Å². The van der Waals surface area contributed by atoms with Crippen LogP contribution in [0.3, 0.4) is 0 Å². The molecular formula is C15H24BrNO. The van der Waals surface area contributed by atoms with Crippen LogP contribution in [0.5, 0.6) is 0 Å². The lowest BCUT2D eigenvalue weighted by Gasteiger charge is -2.18. The molecule has 0 bridgehead atoms. The Labute approximate surface area is 119 Å². The molecule has 0 aliphatic heterocycles. The van der Waals surface area contributed by atoms with E-state index in [1.807, 2.05) is 18.2 Å². The molecule has 0 aliphatic carbocycles. The van der Waals surface area contributed by atoms with Gasteiger partial charge in [0.15, 0.2) is 0 Å². The van der Waals surface area contributed by atoms with Gasteiger partial charge in [0.05, 0.1) is 12.7 Å². The molecule has 0 radical (unpaired) electrons. The molecule has 2 unspecified atom stereocenters. The van der Waals surface area contributed by atoms with Crippen molar-refractivity contribution in [1.82, 2.24) is 5.32 Å². The Morgan fingerprint density at radius 1 is 1.28 bits per heavy atom. The Kier molecular flexibility index (Phi) is 7.56. The highest BCUT2D eigenvalue weighted by Crippen LogP contribution is 2.17. The van der Waals surface area contributed by atoms with Gasteiger partial charge in [-0.05, 0) is 31.9 Å². The molecule has 0 saturated carbocycles. The van der Waals surface area contributed by atoms with E-state index in [0.717, 1.165) is 11.0 Å². The van der Waals surface area contributed by atoms with Crippen LogP contribution in [0.2, 0.25) is 0 Å². The normalized spacial score (nSPS) is 14.4. The van der Waals surface area contributed by atoms with Gasteiger partial charge in [0.25, 0.3) is 0 Å². The topological polar surface area (TPSA) is 21.3 Å². The van der Waals surface area contributed by atoms with Gasteiger partial charge in [-0.3, -0.25) is 0 Å². The summed E-state index contributed by atoms with van der Waals surface area (Å²) in [6, 6.07) is 8.76. The van der Waals surface area contributed by atoms with Crippen molar-refractivity contribution in [2.75, 3.05) is 6.54 Å². The van der Waals surface area contributed by atoms with Gasteiger partial charge >= 0.3 is 0 Å².